The van der Waals surface area contributed by atoms with Crippen LogP contribution in [0.25, 0.3) is 11.4 Å². The van der Waals surface area contributed by atoms with Crippen LogP contribution in [0.15, 0.2) is 18.2 Å². The summed E-state index contributed by atoms with van der Waals surface area (Å²) in [5, 5.41) is 2.43. The van der Waals surface area contributed by atoms with Crippen LogP contribution in [0.3, 0.4) is 0 Å². The maximum atomic E-state index is 13.6. The number of halogens is 5. The van der Waals surface area contributed by atoms with E-state index >= 15 is 0 Å². The van der Waals surface area contributed by atoms with Gasteiger partial charge < -0.3 is 5.32 Å². The number of benzene rings is 1. The molecule has 0 unspecified atom stereocenters. The van der Waals surface area contributed by atoms with Crippen molar-refractivity contribution in [1.29, 1.82) is 0 Å². The van der Waals surface area contributed by atoms with Gasteiger partial charge in [0.2, 0.25) is 0 Å². The minimum Gasteiger partial charge on any atom is -0.371 e. The minimum absolute atomic E-state index is 0.109. The van der Waals surface area contributed by atoms with E-state index in [0.717, 1.165) is 12.1 Å². The molecule has 0 fully saturated rings. The predicted octanol–water partition coefficient (Wildman–Crippen LogP) is 3.79. The minimum atomic E-state index is -4.77. The maximum Gasteiger partial charge on any atom is 0.417 e. The lowest BCUT2D eigenvalue weighted by molar-refractivity contribution is -0.137. The number of anilines is 1. The SMILES string of the molecule is CNc1nc(-c2ccc(F)cc2C(F)(F)F)nc(C)c1F. The zero-order valence-electron chi connectivity index (χ0n) is 11.0. The number of alkyl halides is 3. The van der Waals surface area contributed by atoms with E-state index < -0.39 is 28.9 Å². The van der Waals surface area contributed by atoms with Gasteiger partial charge in [-0.2, -0.15) is 13.2 Å². The molecular weight excluding hydrogens is 293 g/mol. The van der Waals surface area contributed by atoms with Crippen molar-refractivity contribution in [2.75, 3.05) is 12.4 Å². The molecule has 0 aliphatic carbocycles. The molecule has 2 aromatic rings. The predicted molar refractivity (Wildman–Crippen MR) is 66.7 cm³/mol. The molecule has 1 aromatic heterocycles. The van der Waals surface area contributed by atoms with Gasteiger partial charge in [0, 0.05) is 12.6 Å². The zero-order chi connectivity index (χ0) is 15.8. The molecule has 0 spiro atoms. The first-order valence-corrected chi connectivity index (χ1v) is 5.83. The molecule has 0 amide bonds. The van der Waals surface area contributed by atoms with E-state index in [9.17, 15) is 22.0 Å². The van der Waals surface area contributed by atoms with E-state index in [2.05, 4.69) is 15.3 Å². The lowest BCUT2D eigenvalue weighted by Crippen LogP contribution is -2.10. The largest absolute Gasteiger partial charge is 0.417 e. The topological polar surface area (TPSA) is 37.8 Å². The van der Waals surface area contributed by atoms with E-state index in [-0.39, 0.29) is 17.3 Å². The van der Waals surface area contributed by atoms with Crippen LogP contribution in [0, 0.1) is 18.6 Å². The molecule has 0 aliphatic heterocycles. The number of nitrogens with zero attached hydrogens (tertiary/aromatic N) is 2. The standard InChI is InChI=1S/C13H10F5N3/c1-6-10(15)12(19-2)21-11(20-6)8-4-3-7(14)5-9(8)13(16,17)18/h3-5H,1-2H3,(H,19,20,21). The summed E-state index contributed by atoms with van der Waals surface area (Å²) in [5.41, 5.74) is -1.74. The highest BCUT2D eigenvalue weighted by atomic mass is 19.4. The quantitative estimate of drug-likeness (QED) is 0.858. The third kappa shape index (κ3) is 2.93. The van der Waals surface area contributed by atoms with E-state index in [1.807, 2.05) is 0 Å². The summed E-state index contributed by atoms with van der Waals surface area (Å²) in [6, 6.07) is 2.15. The van der Waals surface area contributed by atoms with Gasteiger partial charge in [0.25, 0.3) is 0 Å². The van der Waals surface area contributed by atoms with Crippen LogP contribution in [-0.4, -0.2) is 17.0 Å². The van der Waals surface area contributed by atoms with Crippen molar-refractivity contribution in [3.05, 3.63) is 41.1 Å². The molecule has 8 heteroatoms. The molecule has 112 valence electrons. The van der Waals surface area contributed by atoms with Gasteiger partial charge in [-0.1, -0.05) is 0 Å². The number of nitrogens with one attached hydrogen (secondary N) is 1. The molecule has 0 saturated carbocycles. The third-order valence-corrected chi connectivity index (χ3v) is 2.78. The second-order valence-corrected chi connectivity index (χ2v) is 4.23. The Balaban J connectivity index is 2.70. The van der Waals surface area contributed by atoms with Gasteiger partial charge in [0.1, 0.15) is 5.82 Å². The molecule has 0 radical (unpaired) electrons. The molecule has 0 aliphatic rings. The molecule has 0 bridgehead atoms. The van der Waals surface area contributed by atoms with Gasteiger partial charge in [-0.3, -0.25) is 0 Å². The molecule has 1 heterocycles. The Morgan fingerprint density at radius 1 is 1.10 bits per heavy atom. The van der Waals surface area contributed by atoms with E-state index in [4.69, 9.17) is 0 Å². The summed E-state index contributed by atoms with van der Waals surface area (Å²) in [4.78, 5) is 7.41. The van der Waals surface area contributed by atoms with Crippen LogP contribution in [-0.2, 0) is 6.18 Å². The first-order chi connectivity index (χ1) is 9.74. The second-order valence-electron chi connectivity index (χ2n) is 4.23. The first kappa shape index (κ1) is 15.1. The van der Waals surface area contributed by atoms with Crippen molar-refractivity contribution in [3.63, 3.8) is 0 Å². The highest BCUT2D eigenvalue weighted by Gasteiger charge is 2.35. The monoisotopic (exact) mass is 303 g/mol. The van der Waals surface area contributed by atoms with Gasteiger partial charge in [-0.25, -0.2) is 18.7 Å². The lowest BCUT2D eigenvalue weighted by atomic mass is 10.1. The van der Waals surface area contributed by atoms with Crippen molar-refractivity contribution >= 4 is 5.82 Å². The van der Waals surface area contributed by atoms with Gasteiger partial charge >= 0.3 is 6.18 Å². The van der Waals surface area contributed by atoms with E-state index in [1.54, 1.807) is 0 Å². The van der Waals surface area contributed by atoms with Crippen LogP contribution < -0.4 is 5.32 Å². The summed E-state index contributed by atoms with van der Waals surface area (Å²) in [7, 11) is 1.38. The first-order valence-electron chi connectivity index (χ1n) is 5.83. The molecule has 21 heavy (non-hydrogen) atoms. The van der Waals surface area contributed by atoms with E-state index in [0.29, 0.717) is 6.07 Å². The number of aromatic nitrogens is 2. The van der Waals surface area contributed by atoms with Crippen molar-refractivity contribution in [1.82, 2.24) is 9.97 Å². The molecule has 0 atom stereocenters. The lowest BCUT2D eigenvalue weighted by Gasteiger charge is -2.13. The molecule has 1 N–H and O–H groups in total. The van der Waals surface area contributed by atoms with Gasteiger partial charge in [0.05, 0.1) is 11.3 Å². The average molecular weight is 303 g/mol. The molecule has 1 aromatic carbocycles. The number of hydrogen-bond acceptors (Lipinski definition) is 3. The molecule has 0 saturated heterocycles. The number of rotatable bonds is 2. The van der Waals surface area contributed by atoms with Crippen molar-refractivity contribution in [2.45, 2.75) is 13.1 Å². The van der Waals surface area contributed by atoms with Crippen LogP contribution in [0.5, 0.6) is 0 Å². The Morgan fingerprint density at radius 3 is 2.33 bits per heavy atom. The number of aryl methyl sites for hydroxylation is 1. The van der Waals surface area contributed by atoms with Crippen LogP contribution in [0.2, 0.25) is 0 Å². The summed E-state index contributed by atoms with van der Waals surface area (Å²) in [6.45, 7) is 1.30. The van der Waals surface area contributed by atoms with Crippen LogP contribution in [0.1, 0.15) is 11.3 Å². The highest BCUT2D eigenvalue weighted by Crippen LogP contribution is 2.36. The third-order valence-electron chi connectivity index (χ3n) is 2.78. The smallest absolute Gasteiger partial charge is 0.371 e. The molecular formula is C13H10F5N3. The summed E-state index contributed by atoms with van der Waals surface area (Å²) >= 11 is 0. The van der Waals surface area contributed by atoms with Crippen molar-refractivity contribution in [3.8, 4) is 11.4 Å². The highest BCUT2D eigenvalue weighted by molar-refractivity contribution is 5.63. The van der Waals surface area contributed by atoms with Crippen molar-refractivity contribution < 1.29 is 22.0 Å². The van der Waals surface area contributed by atoms with Crippen molar-refractivity contribution in [2.24, 2.45) is 0 Å². The van der Waals surface area contributed by atoms with Gasteiger partial charge in [-0.15, -0.1) is 0 Å². The Labute approximate surface area is 116 Å². The average Bonchev–Trinajstić information content (AvgIpc) is 2.40. The van der Waals surface area contributed by atoms with E-state index in [1.165, 1.54) is 14.0 Å². The van der Waals surface area contributed by atoms with Gasteiger partial charge in [-0.05, 0) is 25.1 Å². The Hall–Kier alpha value is -2.25. The van der Waals surface area contributed by atoms with Gasteiger partial charge in [0.15, 0.2) is 17.5 Å². The number of hydrogen-bond donors (Lipinski definition) is 1. The summed E-state index contributed by atoms with van der Waals surface area (Å²) in [5.74, 6) is -2.34. The Kier molecular flexibility index (Phi) is 3.80. The molecule has 3 nitrogen and oxygen atoms in total. The summed E-state index contributed by atoms with van der Waals surface area (Å²) in [6.07, 6.45) is -4.77. The fourth-order valence-electron chi connectivity index (χ4n) is 1.79. The second kappa shape index (κ2) is 5.27. The Bertz CT molecular complexity index is 682. The maximum absolute atomic E-state index is 13.6. The normalized spacial score (nSPS) is 11.6. The fourth-order valence-corrected chi connectivity index (χ4v) is 1.79. The fraction of sp³-hybridized carbons (Fsp3) is 0.231. The zero-order valence-corrected chi connectivity index (χ0v) is 11.0. The Morgan fingerprint density at radius 2 is 1.76 bits per heavy atom. The van der Waals surface area contributed by atoms with Crippen LogP contribution in [0.4, 0.5) is 27.8 Å². The molecule has 2 rings (SSSR count). The van der Waals surface area contributed by atoms with Crippen LogP contribution >= 0.6 is 0 Å². The summed E-state index contributed by atoms with van der Waals surface area (Å²) < 4.78 is 65.6.